The number of carbonyl (C=O) groups is 1. The minimum atomic E-state index is 0.188. The fourth-order valence-electron chi connectivity index (χ4n) is 1.83. The predicted molar refractivity (Wildman–Crippen MR) is 85.8 cm³/mol. The Balaban J connectivity index is 0.000000422. The largest absolute Gasteiger partial charge is 0.351 e. The monoisotopic (exact) mass is 303 g/mol. The number of carbonyl (C=O) groups excluding carboxylic acids is 1. The summed E-state index contributed by atoms with van der Waals surface area (Å²) in [4.78, 5) is 24.1. The summed E-state index contributed by atoms with van der Waals surface area (Å²) in [6, 6.07) is 8.71. The van der Waals surface area contributed by atoms with E-state index in [9.17, 15) is 9.70 Å². The van der Waals surface area contributed by atoms with Gasteiger partial charge >= 0.3 is 0 Å². The first-order valence-corrected chi connectivity index (χ1v) is 7.14. The molecule has 6 heteroatoms. The number of amides is 1. The van der Waals surface area contributed by atoms with Crippen LogP contribution in [0, 0.1) is 4.91 Å². The van der Waals surface area contributed by atoms with Crippen LogP contribution in [0.1, 0.15) is 31.0 Å². The first-order chi connectivity index (χ1) is 10.5. The molecule has 1 atom stereocenters. The van der Waals surface area contributed by atoms with Gasteiger partial charge < -0.3 is 4.90 Å². The number of imidazole rings is 1. The number of hydrogen-bond acceptors (Lipinski definition) is 3. The van der Waals surface area contributed by atoms with E-state index in [4.69, 9.17) is 0 Å². The molecule has 1 unspecified atom stereocenters. The molecule has 0 aliphatic rings. The van der Waals surface area contributed by atoms with Gasteiger partial charge in [-0.2, -0.15) is 0 Å². The molecule has 2 aromatic rings. The van der Waals surface area contributed by atoms with Gasteiger partial charge in [-0.25, -0.2) is 9.55 Å². The molecule has 0 spiro atoms. The van der Waals surface area contributed by atoms with Crippen LogP contribution < -0.4 is 4.57 Å². The predicted octanol–water partition coefficient (Wildman–Crippen LogP) is 2.58. The second-order valence-electron chi connectivity index (χ2n) is 5.17. The van der Waals surface area contributed by atoms with Crippen LogP contribution in [-0.2, 0) is 11.2 Å². The number of aromatic nitrogens is 2. The maximum Gasteiger partial charge on any atom is 0.298 e. The number of nitrogens with one attached hydrogen (secondary N) is 1. The number of nitrogens with zero attached hydrogens (tertiary/aromatic N) is 3. The van der Waals surface area contributed by atoms with Gasteiger partial charge in [-0.3, -0.25) is 4.79 Å². The molecule has 2 rings (SSSR count). The highest BCUT2D eigenvalue weighted by Crippen LogP contribution is 2.14. The van der Waals surface area contributed by atoms with Gasteiger partial charge in [0, 0.05) is 19.3 Å². The third kappa shape index (κ3) is 5.12. The Morgan fingerprint density at radius 1 is 1.32 bits per heavy atom. The Hall–Kier alpha value is -2.50. The van der Waals surface area contributed by atoms with Gasteiger partial charge in [-0.15, -0.1) is 4.91 Å². The molecule has 1 aromatic carbocycles. The summed E-state index contributed by atoms with van der Waals surface area (Å²) in [6.45, 7) is 4.23. The molecule has 1 aromatic heterocycles. The first-order valence-electron chi connectivity index (χ1n) is 7.14. The van der Waals surface area contributed by atoms with E-state index < -0.39 is 0 Å². The van der Waals surface area contributed by atoms with Crippen LogP contribution in [0.5, 0.6) is 0 Å². The molecule has 0 saturated carbocycles. The molecule has 6 nitrogen and oxygen atoms in total. The summed E-state index contributed by atoms with van der Waals surface area (Å²) < 4.78 is 1.94. The number of H-pyrrole nitrogens is 1. The SMILES string of the molecule is CCc1ccc(C(C)[n+]2c[nH]c(N=O)c2)cc1.CN(C)C=O. The Kier molecular flexibility index (Phi) is 6.95. The van der Waals surface area contributed by atoms with Crippen molar-refractivity contribution in [3.05, 3.63) is 52.8 Å². The third-order valence-electron chi connectivity index (χ3n) is 3.26. The maximum absolute atomic E-state index is 10.4. The molecule has 0 fully saturated rings. The number of nitroso groups, excluding NO2 is 1. The molecule has 1 heterocycles. The van der Waals surface area contributed by atoms with Crippen molar-refractivity contribution in [3.8, 4) is 0 Å². The van der Waals surface area contributed by atoms with Crippen molar-refractivity contribution in [1.29, 1.82) is 0 Å². The van der Waals surface area contributed by atoms with E-state index in [2.05, 4.69) is 48.3 Å². The molecule has 0 aliphatic carbocycles. The normalized spacial score (nSPS) is 11.1. The van der Waals surface area contributed by atoms with Crippen molar-refractivity contribution >= 4 is 12.2 Å². The van der Waals surface area contributed by atoms with E-state index in [1.54, 1.807) is 26.6 Å². The molecule has 1 N–H and O–H groups in total. The second kappa shape index (κ2) is 8.71. The summed E-state index contributed by atoms with van der Waals surface area (Å²) in [5, 5.41) is 2.87. The van der Waals surface area contributed by atoms with Crippen molar-refractivity contribution in [1.82, 2.24) is 9.88 Å². The highest BCUT2D eigenvalue weighted by atomic mass is 16.3. The van der Waals surface area contributed by atoms with Crippen LogP contribution in [0.3, 0.4) is 0 Å². The maximum atomic E-state index is 10.4. The standard InChI is InChI=1S/C13H15N3O.C3H7NO/c1-3-11-4-6-12(7-5-11)10(2)16-8-13(15-17)14-9-16;1-4(2)3-5/h4-10H,3H2,1-2H3;3H,1-2H3/p+1. The van der Waals surface area contributed by atoms with Crippen molar-refractivity contribution in [2.24, 2.45) is 5.18 Å². The average Bonchev–Trinajstić information content (AvgIpc) is 3.04. The minimum Gasteiger partial charge on any atom is -0.351 e. The van der Waals surface area contributed by atoms with Crippen molar-refractivity contribution in [2.45, 2.75) is 26.3 Å². The fraction of sp³-hybridized carbons (Fsp3) is 0.375. The van der Waals surface area contributed by atoms with Crippen molar-refractivity contribution < 1.29 is 9.36 Å². The van der Waals surface area contributed by atoms with Crippen LogP contribution in [-0.4, -0.2) is 30.4 Å². The summed E-state index contributed by atoms with van der Waals surface area (Å²) in [5.74, 6) is 0.349. The van der Waals surface area contributed by atoms with Gasteiger partial charge in [-0.05, 0) is 24.5 Å². The van der Waals surface area contributed by atoms with Gasteiger partial charge in [-0.1, -0.05) is 31.2 Å². The zero-order valence-electron chi connectivity index (χ0n) is 13.5. The van der Waals surface area contributed by atoms with E-state index in [0.717, 1.165) is 12.8 Å². The van der Waals surface area contributed by atoms with Crippen LogP contribution in [0.15, 0.2) is 42.0 Å². The molecule has 22 heavy (non-hydrogen) atoms. The fourth-order valence-corrected chi connectivity index (χ4v) is 1.83. The number of hydrogen-bond donors (Lipinski definition) is 1. The van der Waals surface area contributed by atoms with E-state index in [1.165, 1.54) is 16.0 Å². The first kappa shape index (κ1) is 17.6. The number of aromatic amines is 1. The summed E-state index contributed by atoms with van der Waals surface area (Å²) in [6.07, 6.45) is 5.27. The number of rotatable bonds is 5. The Morgan fingerprint density at radius 2 is 1.91 bits per heavy atom. The van der Waals surface area contributed by atoms with Crippen LogP contribution in [0.25, 0.3) is 0 Å². The van der Waals surface area contributed by atoms with Crippen molar-refractivity contribution in [3.63, 3.8) is 0 Å². The Bertz CT molecular complexity index is 590. The van der Waals surface area contributed by atoms with Gasteiger partial charge in [0.25, 0.3) is 5.82 Å². The molecular weight excluding hydrogens is 280 g/mol. The molecule has 1 amide bonds. The lowest BCUT2D eigenvalue weighted by atomic mass is 10.1. The van der Waals surface area contributed by atoms with Crippen LogP contribution in [0.4, 0.5) is 5.82 Å². The topological polar surface area (TPSA) is 69.4 Å². The van der Waals surface area contributed by atoms with Gasteiger partial charge in [0.2, 0.25) is 12.7 Å². The van der Waals surface area contributed by atoms with E-state index in [-0.39, 0.29) is 6.04 Å². The van der Waals surface area contributed by atoms with Gasteiger partial charge in [0.1, 0.15) is 6.04 Å². The van der Waals surface area contributed by atoms with E-state index in [1.807, 2.05) is 4.57 Å². The average molecular weight is 303 g/mol. The lowest BCUT2D eigenvalue weighted by Crippen LogP contribution is -2.35. The minimum absolute atomic E-state index is 0.188. The Morgan fingerprint density at radius 3 is 2.32 bits per heavy atom. The van der Waals surface area contributed by atoms with E-state index in [0.29, 0.717) is 5.82 Å². The number of benzene rings is 1. The summed E-state index contributed by atoms with van der Waals surface area (Å²) in [5.41, 5.74) is 2.54. The Labute approximate surface area is 130 Å². The zero-order valence-corrected chi connectivity index (χ0v) is 13.5. The molecule has 0 saturated heterocycles. The van der Waals surface area contributed by atoms with Crippen LogP contribution in [0.2, 0.25) is 0 Å². The summed E-state index contributed by atoms with van der Waals surface area (Å²) >= 11 is 0. The van der Waals surface area contributed by atoms with Crippen LogP contribution >= 0.6 is 0 Å². The quantitative estimate of drug-likeness (QED) is 0.524. The molecule has 118 valence electrons. The van der Waals surface area contributed by atoms with Gasteiger partial charge in [0.15, 0.2) is 6.20 Å². The number of aryl methyl sites for hydroxylation is 1. The highest BCUT2D eigenvalue weighted by Gasteiger charge is 2.14. The highest BCUT2D eigenvalue weighted by molar-refractivity contribution is 5.45. The van der Waals surface area contributed by atoms with Crippen molar-refractivity contribution in [2.75, 3.05) is 14.1 Å². The lowest BCUT2D eigenvalue weighted by Gasteiger charge is -2.08. The molecule has 0 aliphatic heterocycles. The molecule has 0 bridgehead atoms. The van der Waals surface area contributed by atoms with Gasteiger partial charge in [0.05, 0.1) is 0 Å². The summed E-state index contributed by atoms with van der Waals surface area (Å²) in [7, 11) is 3.38. The third-order valence-corrected chi connectivity index (χ3v) is 3.26. The molecule has 0 radical (unpaired) electrons. The molecular formula is C16H23N4O2+. The second-order valence-corrected chi connectivity index (χ2v) is 5.17. The zero-order chi connectivity index (χ0) is 16.5. The van der Waals surface area contributed by atoms with E-state index >= 15 is 0 Å². The smallest absolute Gasteiger partial charge is 0.298 e. The lowest BCUT2D eigenvalue weighted by molar-refractivity contribution is -0.708.